The number of carbonyl (C=O) groups is 1. The molecule has 5 atom stereocenters. The Labute approximate surface area is 167 Å². The summed E-state index contributed by atoms with van der Waals surface area (Å²) in [5.74, 6) is -2.01. The Kier molecular flexibility index (Phi) is 6.20. The molecule has 2 heterocycles. The Morgan fingerprint density at radius 2 is 1.76 bits per heavy atom. The number of aliphatic hydroxyl groups is 3. The third-order valence-electron chi connectivity index (χ3n) is 5.62. The molecule has 1 aromatic carbocycles. The van der Waals surface area contributed by atoms with Gasteiger partial charge < -0.3 is 39.7 Å². The van der Waals surface area contributed by atoms with Crippen molar-refractivity contribution < 1.29 is 44.5 Å². The van der Waals surface area contributed by atoms with Crippen molar-refractivity contribution in [1.29, 1.82) is 0 Å². The number of ether oxygens (including phenoxy) is 3. The maximum absolute atomic E-state index is 12.8. The van der Waals surface area contributed by atoms with Crippen molar-refractivity contribution in [2.24, 2.45) is 0 Å². The first kappa shape index (κ1) is 21.6. The summed E-state index contributed by atoms with van der Waals surface area (Å²) in [6.45, 7) is 4.72. The van der Waals surface area contributed by atoms with Gasteiger partial charge in [0.05, 0.1) is 19.3 Å². The highest BCUT2D eigenvalue weighted by Crippen LogP contribution is 2.52. The van der Waals surface area contributed by atoms with Gasteiger partial charge in [-0.05, 0) is 13.1 Å². The number of fused-ring (bicyclic) bond motifs is 3. The van der Waals surface area contributed by atoms with E-state index in [1.165, 1.54) is 7.11 Å². The van der Waals surface area contributed by atoms with Gasteiger partial charge in [-0.3, -0.25) is 4.90 Å². The molecule has 0 aliphatic carbocycles. The van der Waals surface area contributed by atoms with Crippen LogP contribution in [0.3, 0.4) is 0 Å². The molecule has 10 heteroatoms. The normalized spacial score (nSPS) is 28.7. The predicted octanol–water partition coefficient (Wildman–Crippen LogP) is -0.359. The quantitative estimate of drug-likeness (QED) is 0.391. The molecule has 0 unspecified atom stereocenters. The fraction of sp³-hybridized carbons (Fsp3) is 0.632. The summed E-state index contributed by atoms with van der Waals surface area (Å²) in [7, 11) is 1.26. The average Bonchev–Trinajstić information content (AvgIpc) is 2.71. The van der Waals surface area contributed by atoms with E-state index in [-0.39, 0.29) is 34.7 Å². The first-order valence-corrected chi connectivity index (χ1v) is 9.50. The second kappa shape index (κ2) is 8.33. The Hall–Kier alpha value is -2.11. The lowest BCUT2D eigenvalue weighted by Gasteiger charge is -2.45. The molecule has 29 heavy (non-hydrogen) atoms. The van der Waals surface area contributed by atoms with Crippen LogP contribution in [-0.4, -0.2) is 87.6 Å². The monoisotopic (exact) mass is 413 g/mol. The van der Waals surface area contributed by atoms with Gasteiger partial charge in [0.2, 0.25) is 5.75 Å². The summed E-state index contributed by atoms with van der Waals surface area (Å²) in [5, 5.41) is 51.4. The van der Waals surface area contributed by atoms with Crippen molar-refractivity contribution in [2.45, 2.75) is 50.9 Å². The Balaban J connectivity index is 2.22. The molecule has 0 radical (unpaired) electrons. The van der Waals surface area contributed by atoms with E-state index < -0.39 is 48.8 Å². The summed E-state index contributed by atoms with van der Waals surface area (Å²) in [6, 6.07) is 0. The van der Waals surface area contributed by atoms with E-state index in [0.717, 1.165) is 0 Å². The van der Waals surface area contributed by atoms with Crippen LogP contribution in [0.25, 0.3) is 0 Å². The van der Waals surface area contributed by atoms with E-state index in [0.29, 0.717) is 13.1 Å². The molecule has 162 valence electrons. The van der Waals surface area contributed by atoms with Crippen LogP contribution in [0.2, 0.25) is 0 Å². The van der Waals surface area contributed by atoms with Crippen LogP contribution in [0.5, 0.6) is 17.2 Å². The molecule has 0 amide bonds. The number of carbonyl (C=O) groups excluding carboxylic acids is 1. The molecule has 0 aromatic heterocycles. The molecule has 1 fully saturated rings. The summed E-state index contributed by atoms with van der Waals surface area (Å²) < 4.78 is 16.2. The van der Waals surface area contributed by atoms with E-state index >= 15 is 0 Å². The zero-order valence-electron chi connectivity index (χ0n) is 16.5. The fourth-order valence-electron chi connectivity index (χ4n) is 3.94. The summed E-state index contributed by atoms with van der Waals surface area (Å²) >= 11 is 0. The van der Waals surface area contributed by atoms with E-state index in [2.05, 4.69) is 0 Å². The van der Waals surface area contributed by atoms with Crippen LogP contribution >= 0.6 is 0 Å². The summed E-state index contributed by atoms with van der Waals surface area (Å²) in [4.78, 5) is 14.8. The molecular formula is C19H27NO9. The minimum absolute atomic E-state index is 0.00699. The number of methoxy groups -OCH3 is 1. The average molecular weight is 413 g/mol. The number of benzene rings is 1. The standard InChI is InChI=1S/C19H27NO9/c1-4-20(5-2)6-8-10-11(14(24)17(27-3)12(8)22)16-18(29-19(10)26)15(25)13(23)9(7-21)28-16/h9,13,15-16,18,21-25H,4-7H2,1-3H3/t9-,13-,15+,16+,18-/m1/s1. The van der Waals surface area contributed by atoms with Gasteiger partial charge in [-0.1, -0.05) is 13.8 Å². The third-order valence-corrected chi connectivity index (χ3v) is 5.62. The molecule has 5 N–H and O–H groups in total. The largest absolute Gasteiger partial charge is 0.504 e. The lowest BCUT2D eigenvalue weighted by atomic mass is 9.84. The number of esters is 1. The molecule has 10 nitrogen and oxygen atoms in total. The SMILES string of the molecule is CCN(CC)Cc1c(O)c(OC)c(O)c2c1C(=O)O[C@@H]1[C@@H](O)[C@H](O)[C@@H](CO)O[C@@H]21. The van der Waals surface area contributed by atoms with Crippen LogP contribution in [0.15, 0.2) is 0 Å². The fourth-order valence-corrected chi connectivity index (χ4v) is 3.94. The smallest absolute Gasteiger partial charge is 0.339 e. The van der Waals surface area contributed by atoms with Crippen molar-refractivity contribution in [2.75, 3.05) is 26.8 Å². The summed E-state index contributed by atoms with van der Waals surface area (Å²) in [5.41, 5.74) is 0.119. The number of hydrogen-bond donors (Lipinski definition) is 5. The van der Waals surface area contributed by atoms with Gasteiger partial charge >= 0.3 is 5.97 Å². The first-order chi connectivity index (χ1) is 13.8. The highest BCUT2D eigenvalue weighted by atomic mass is 16.6. The lowest BCUT2D eigenvalue weighted by molar-refractivity contribution is -0.235. The van der Waals surface area contributed by atoms with Crippen LogP contribution in [0.1, 0.15) is 41.4 Å². The van der Waals surface area contributed by atoms with Gasteiger partial charge in [0.1, 0.15) is 24.4 Å². The van der Waals surface area contributed by atoms with Gasteiger partial charge in [-0.2, -0.15) is 0 Å². The number of phenols is 2. The molecule has 0 bridgehead atoms. The Morgan fingerprint density at radius 3 is 2.31 bits per heavy atom. The van der Waals surface area contributed by atoms with E-state index in [4.69, 9.17) is 14.2 Å². The van der Waals surface area contributed by atoms with Crippen LogP contribution in [0.4, 0.5) is 0 Å². The zero-order valence-corrected chi connectivity index (χ0v) is 16.5. The maximum Gasteiger partial charge on any atom is 0.339 e. The Morgan fingerprint density at radius 1 is 1.10 bits per heavy atom. The Bertz CT molecular complexity index is 780. The lowest BCUT2D eigenvalue weighted by Crippen LogP contribution is -2.58. The number of aromatic hydroxyl groups is 2. The van der Waals surface area contributed by atoms with E-state index in [1.54, 1.807) is 0 Å². The molecule has 2 aliphatic heterocycles. The van der Waals surface area contributed by atoms with Gasteiger partial charge in [0.15, 0.2) is 17.6 Å². The molecule has 0 saturated carbocycles. The number of rotatable bonds is 6. The molecular weight excluding hydrogens is 386 g/mol. The number of nitrogens with zero attached hydrogens (tertiary/aromatic N) is 1. The van der Waals surface area contributed by atoms with Crippen LogP contribution < -0.4 is 4.74 Å². The van der Waals surface area contributed by atoms with Crippen molar-refractivity contribution in [3.05, 3.63) is 16.7 Å². The molecule has 1 aromatic rings. The van der Waals surface area contributed by atoms with Gasteiger partial charge in [-0.15, -0.1) is 0 Å². The van der Waals surface area contributed by atoms with Crippen molar-refractivity contribution in [3.8, 4) is 17.2 Å². The number of hydrogen-bond acceptors (Lipinski definition) is 10. The highest BCUT2D eigenvalue weighted by Gasteiger charge is 2.53. The zero-order chi connectivity index (χ0) is 21.5. The minimum Gasteiger partial charge on any atom is -0.504 e. The van der Waals surface area contributed by atoms with Crippen molar-refractivity contribution in [1.82, 2.24) is 4.90 Å². The molecule has 2 aliphatic rings. The highest BCUT2D eigenvalue weighted by molar-refractivity contribution is 5.97. The van der Waals surface area contributed by atoms with Gasteiger partial charge in [-0.25, -0.2) is 4.79 Å². The van der Waals surface area contributed by atoms with E-state index in [1.807, 2.05) is 18.7 Å². The molecule has 1 saturated heterocycles. The molecule has 0 spiro atoms. The maximum atomic E-state index is 12.8. The number of phenolic OH excluding ortho intramolecular Hbond substituents is 2. The van der Waals surface area contributed by atoms with E-state index in [9.17, 15) is 30.3 Å². The number of aliphatic hydroxyl groups excluding tert-OH is 3. The second-order valence-corrected chi connectivity index (χ2v) is 7.09. The van der Waals surface area contributed by atoms with Gasteiger partial charge in [0.25, 0.3) is 0 Å². The summed E-state index contributed by atoms with van der Waals surface area (Å²) in [6.07, 6.45) is -6.63. The van der Waals surface area contributed by atoms with Crippen molar-refractivity contribution in [3.63, 3.8) is 0 Å². The molecule has 3 rings (SSSR count). The van der Waals surface area contributed by atoms with Crippen LogP contribution in [0, 0.1) is 0 Å². The van der Waals surface area contributed by atoms with Crippen LogP contribution in [-0.2, 0) is 16.0 Å². The third kappa shape index (κ3) is 3.40. The topological polar surface area (TPSA) is 149 Å². The predicted molar refractivity (Wildman–Crippen MR) is 98.9 cm³/mol. The minimum atomic E-state index is -1.53. The van der Waals surface area contributed by atoms with Crippen molar-refractivity contribution >= 4 is 5.97 Å². The second-order valence-electron chi connectivity index (χ2n) is 7.09. The van der Waals surface area contributed by atoms with Gasteiger partial charge in [0, 0.05) is 17.7 Å². The first-order valence-electron chi connectivity index (χ1n) is 9.50.